The molecule has 1 fully saturated rings. The largest absolute Gasteiger partial charge is 0.503 e. The highest BCUT2D eigenvalue weighted by Gasteiger charge is 2.62. The molecule has 0 aromatic carbocycles. The van der Waals surface area contributed by atoms with Crippen LogP contribution in [0.2, 0.25) is 0 Å². The number of pyridine rings is 1. The first kappa shape index (κ1) is 27.1. The average Bonchev–Trinajstić information content (AvgIpc) is 3.23. The van der Waals surface area contributed by atoms with E-state index in [1.165, 1.54) is 5.38 Å². The molecule has 2 amide bonds. The predicted molar refractivity (Wildman–Crippen MR) is 127 cm³/mol. The number of nitrogens with one attached hydrogen (secondary N) is 1. The summed E-state index contributed by atoms with van der Waals surface area (Å²) < 4.78 is 24.5. The number of nitrogens with two attached hydrogens (primary N) is 1. The van der Waals surface area contributed by atoms with Crippen molar-refractivity contribution >= 4 is 41.7 Å². The Morgan fingerprint density at radius 3 is 2.67 bits per heavy atom. The van der Waals surface area contributed by atoms with E-state index in [1.54, 1.807) is 20.8 Å². The molecular weight excluding hydrogens is 519 g/mol. The second-order valence-electron chi connectivity index (χ2n) is 7.92. The van der Waals surface area contributed by atoms with E-state index < -0.39 is 48.9 Å². The van der Waals surface area contributed by atoms with E-state index in [-0.39, 0.29) is 28.8 Å². The fourth-order valence-electron chi connectivity index (χ4n) is 3.42. The van der Waals surface area contributed by atoms with Crippen LogP contribution in [0.25, 0.3) is 0 Å². The molecule has 5 N–H and O–H groups in total. The zero-order valence-corrected chi connectivity index (χ0v) is 21.4. The van der Waals surface area contributed by atoms with Crippen LogP contribution < -0.4 is 16.5 Å². The Bertz CT molecular complexity index is 1310. The van der Waals surface area contributed by atoms with Crippen LogP contribution in [0.1, 0.15) is 32.2 Å². The molecule has 3 rings (SSSR count). The number of carbonyl (C=O) groups is 2. The normalized spacial score (nSPS) is 18.9. The van der Waals surface area contributed by atoms with E-state index in [9.17, 15) is 29.3 Å². The minimum atomic E-state index is -3.92. The fourth-order valence-corrected chi connectivity index (χ4v) is 5.78. The van der Waals surface area contributed by atoms with Gasteiger partial charge in [0, 0.05) is 18.6 Å². The van der Waals surface area contributed by atoms with Crippen molar-refractivity contribution in [3.05, 3.63) is 39.3 Å². The van der Waals surface area contributed by atoms with E-state index in [0.717, 1.165) is 35.4 Å². The number of thiazole rings is 1. The Morgan fingerprint density at radius 2 is 2.11 bits per heavy atom. The molecule has 0 radical (unpaired) electrons. The topological polar surface area (TPSA) is 208 Å². The van der Waals surface area contributed by atoms with E-state index >= 15 is 0 Å². The maximum Gasteiger partial charge on any atom is 0.437 e. The first-order valence-electron chi connectivity index (χ1n) is 10.4. The number of nitrogens with zero attached hydrogens (tertiary/aromatic N) is 4. The van der Waals surface area contributed by atoms with Crippen LogP contribution in [-0.2, 0) is 34.6 Å². The van der Waals surface area contributed by atoms with Crippen molar-refractivity contribution in [3.63, 3.8) is 0 Å². The fraction of sp³-hybridized carbons (Fsp3) is 0.421. The second-order valence-corrected chi connectivity index (χ2v) is 10.8. The molecule has 3 heterocycles. The summed E-state index contributed by atoms with van der Waals surface area (Å²) in [5.41, 5.74) is 3.37. The zero-order chi connectivity index (χ0) is 26.8. The molecule has 1 aliphatic heterocycles. The molecule has 2 atom stereocenters. The van der Waals surface area contributed by atoms with Crippen molar-refractivity contribution in [2.75, 3.05) is 19.5 Å². The van der Waals surface area contributed by atoms with E-state index in [4.69, 9.17) is 19.6 Å². The standard InChI is InChI=1S/C19H25N6O9PS/c1-5-34-35(31,32-4)25-17(29)15(19(25,2)3)22-16(28)14(11-9-36-18(20)21-11)23-33-8-10-6-12(26)13(27)7-24(10)30/h6-7,9,15,27,30H,5,8H2,1-4H3,(H2,20,21)(H,22,28)/b23-14-/t15-,35?/m1/s1. The van der Waals surface area contributed by atoms with Crippen LogP contribution in [0.15, 0.2) is 27.6 Å². The Morgan fingerprint density at radius 1 is 1.42 bits per heavy atom. The molecular formula is C19H25N6O9PS. The maximum atomic E-state index is 13.1. The van der Waals surface area contributed by atoms with E-state index in [1.807, 2.05) is 0 Å². The molecule has 1 saturated heterocycles. The Labute approximate surface area is 208 Å². The van der Waals surface area contributed by atoms with Crippen LogP contribution in [-0.4, -0.2) is 67.5 Å². The third kappa shape index (κ3) is 5.06. The van der Waals surface area contributed by atoms with Crippen molar-refractivity contribution < 1.29 is 38.4 Å². The second kappa shape index (κ2) is 10.3. The smallest absolute Gasteiger partial charge is 0.437 e. The molecule has 0 spiro atoms. The summed E-state index contributed by atoms with van der Waals surface area (Å²) in [6.07, 6.45) is 0.774. The highest BCUT2D eigenvalue weighted by Crippen LogP contribution is 2.59. The number of nitrogen functional groups attached to an aromatic ring is 1. The molecule has 2 aromatic heterocycles. The van der Waals surface area contributed by atoms with Gasteiger partial charge in [0.1, 0.15) is 17.4 Å². The molecule has 0 aliphatic carbocycles. The highest BCUT2D eigenvalue weighted by atomic mass is 32.1. The minimum Gasteiger partial charge on any atom is -0.503 e. The summed E-state index contributed by atoms with van der Waals surface area (Å²) in [7, 11) is -2.77. The summed E-state index contributed by atoms with van der Waals surface area (Å²) in [6.45, 7) is 4.31. The Hall–Kier alpha value is -3.46. The van der Waals surface area contributed by atoms with Gasteiger partial charge in [-0.3, -0.25) is 23.4 Å². The first-order chi connectivity index (χ1) is 16.9. The van der Waals surface area contributed by atoms with Gasteiger partial charge in [0.15, 0.2) is 23.2 Å². The maximum absolute atomic E-state index is 13.1. The van der Waals surface area contributed by atoms with Gasteiger partial charge < -0.3 is 26.2 Å². The lowest BCUT2D eigenvalue weighted by Gasteiger charge is -2.54. The van der Waals surface area contributed by atoms with Crippen molar-refractivity contribution in [1.29, 1.82) is 0 Å². The summed E-state index contributed by atoms with van der Waals surface area (Å²) in [4.78, 5) is 46.7. The number of hydrogen-bond acceptors (Lipinski definition) is 13. The van der Waals surface area contributed by atoms with E-state index in [2.05, 4.69) is 15.5 Å². The predicted octanol–water partition coefficient (Wildman–Crippen LogP) is 0.647. The molecule has 36 heavy (non-hydrogen) atoms. The summed E-state index contributed by atoms with van der Waals surface area (Å²) in [6, 6.07) is -0.197. The lowest BCUT2D eigenvalue weighted by atomic mass is 9.85. The average molecular weight is 544 g/mol. The Kier molecular flexibility index (Phi) is 7.73. The SMILES string of the molecule is CCOP(=O)(OC)N1C(=O)[C@@H](NC(=O)/C(=N\OCc2cc(=O)c(O)cn2O)c2csc(N)n2)C1(C)C. The van der Waals surface area contributed by atoms with Crippen LogP contribution >= 0.6 is 19.1 Å². The number of β-lactam (4-membered cyclic amide) rings is 1. The number of anilines is 1. The molecule has 2 aromatic rings. The van der Waals surface area contributed by atoms with Crippen LogP contribution in [0.5, 0.6) is 5.75 Å². The van der Waals surface area contributed by atoms with Crippen LogP contribution in [0.3, 0.4) is 0 Å². The number of hydrogen-bond donors (Lipinski definition) is 4. The van der Waals surface area contributed by atoms with Crippen LogP contribution in [0, 0.1) is 0 Å². The summed E-state index contributed by atoms with van der Waals surface area (Å²) in [5, 5.41) is 27.0. The quantitative estimate of drug-likeness (QED) is 0.107. The van der Waals surface area contributed by atoms with Crippen molar-refractivity contribution in [1.82, 2.24) is 19.7 Å². The van der Waals surface area contributed by atoms with Crippen molar-refractivity contribution in [2.24, 2.45) is 5.16 Å². The molecule has 0 bridgehead atoms. The number of aromatic nitrogens is 2. The van der Waals surface area contributed by atoms with Gasteiger partial charge in [-0.2, -0.15) is 4.73 Å². The number of carbonyl (C=O) groups excluding carboxylic acids is 2. The van der Waals surface area contributed by atoms with Gasteiger partial charge in [-0.1, -0.05) is 5.16 Å². The van der Waals surface area contributed by atoms with Gasteiger partial charge in [-0.25, -0.2) is 14.2 Å². The van der Waals surface area contributed by atoms with Crippen molar-refractivity contribution in [3.8, 4) is 5.75 Å². The van der Waals surface area contributed by atoms with Gasteiger partial charge in [0.25, 0.3) is 11.8 Å². The number of oxime groups is 1. The van der Waals surface area contributed by atoms with E-state index in [0.29, 0.717) is 4.73 Å². The van der Waals surface area contributed by atoms with Gasteiger partial charge in [0.05, 0.1) is 18.3 Å². The molecule has 196 valence electrons. The Balaban J connectivity index is 1.82. The zero-order valence-electron chi connectivity index (χ0n) is 19.7. The summed E-state index contributed by atoms with van der Waals surface area (Å²) >= 11 is 1.03. The molecule has 17 heteroatoms. The van der Waals surface area contributed by atoms with Crippen molar-refractivity contribution in [2.45, 2.75) is 39.0 Å². The molecule has 1 aliphatic rings. The number of aromatic hydroxyl groups is 1. The monoisotopic (exact) mass is 544 g/mol. The van der Waals surface area contributed by atoms with Gasteiger partial charge in [-0.15, -0.1) is 11.3 Å². The van der Waals surface area contributed by atoms with Gasteiger partial charge >= 0.3 is 7.75 Å². The third-order valence-electron chi connectivity index (χ3n) is 5.19. The lowest BCUT2D eigenvalue weighted by molar-refractivity contribution is -0.153. The molecule has 0 saturated carbocycles. The van der Waals surface area contributed by atoms with Gasteiger partial charge in [-0.05, 0) is 20.8 Å². The molecule has 1 unspecified atom stereocenters. The lowest BCUT2D eigenvalue weighted by Crippen LogP contribution is -2.75. The molecule has 15 nitrogen and oxygen atoms in total. The number of amides is 2. The third-order valence-corrected chi connectivity index (χ3v) is 8.11. The summed E-state index contributed by atoms with van der Waals surface area (Å²) in [5.74, 6) is -2.23. The number of rotatable bonds is 10. The first-order valence-corrected chi connectivity index (χ1v) is 12.7. The van der Waals surface area contributed by atoms with Gasteiger partial charge in [0.2, 0.25) is 5.43 Å². The highest BCUT2D eigenvalue weighted by molar-refractivity contribution is 7.52. The van der Waals surface area contributed by atoms with Crippen LogP contribution in [0.4, 0.5) is 5.13 Å². The minimum absolute atomic E-state index is 0.0318.